The summed E-state index contributed by atoms with van der Waals surface area (Å²) in [6.45, 7) is 2.13. The Labute approximate surface area is 106 Å². The highest BCUT2D eigenvalue weighted by molar-refractivity contribution is 5.96. The molecule has 0 spiro atoms. The lowest BCUT2D eigenvalue weighted by atomic mass is 10.0. The molecule has 1 aromatic carbocycles. The van der Waals surface area contributed by atoms with Gasteiger partial charge in [0.15, 0.2) is 0 Å². The molecule has 1 amide bonds. The molecule has 18 heavy (non-hydrogen) atoms. The van der Waals surface area contributed by atoms with E-state index in [1.807, 2.05) is 12.1 Å². The minimum atomic E-state index is -0.932. The molecule has 5 nitrogen and oxygen atoms in total. The monoisotopic (exact) mass is 250 g/mol. The van der Waals surface area contributed by atoms with Gasteiger partial charge in [-0.2, -0.15) is 0 Å². The molecule has 4 N–H and O–H groups in total. The fourth-order valence-corrected chi connectivity index (χ4v) is 1.73. The molecule has 0 aliphatic carbocycles. The van der Waals surface area contributed by atoms with Gasteiger partial charge in [0.05, 0.1) is 6.42 Å². The molecule has 5 heteroatoms. The van der Waals surface area contributed by atoms with Gasteiger partial charge < -0.3 is 16.2 Å². The van der Waals surface area contributed by atoms with Crippen LogP contribution >= 0.6 is 0 Å². The van der Waals surface area contributed by atoms with E-state index in [0.717, 1.165) is 5.56 Å². The van der Waals surface area contributed by atoms with Crippen molar-refractivity contribution in [3.63, 3.8) is 0 Å². The number of carboxylic acid groups (broad SMARTS) is 1. The molecule has 0 radical (unpaired) electrons. The zero-order valence-corrected chi connectivity index (χ0v) is 10.3. The van der Waals surface area contributed by atoms with Crippen LogP contribution in [0.2, 0.25) is 0 Å². The summed E-state index contributed by atoms with van der Waals surface area (Å²) in [5, 5.41) is 11.3. The van der Waals surface area contributed by atoms with Gasteiger partial charge in [-0.05, 0) is 31.5 Å². The number of hydrogen-bond donors (Lipinski definition) is 3. The minimum Gasteiger partial charge on any atom is -0.481 e. The van der Waals surface area contributed by atoms with Crippen LogP contribution in [-0.4, -0.2) is 29.6 Å². The molecule has 1 unspecified atom stereocenters. The van der Waals surface area contributed by atoms with Gasteiger partial charge in [0.25, 0.3) is 5.91 Å². The summed E-state index contributed by atoms with van der Waals surface area (Å²) in [5.41, 5.74) is 6.92. The molecule has 0 aliphatic rings. The number of carboxylic acids is 1. The fraction of sp³-hybridized carbons (Fsp3) is 0.385. The van der Waals surface area contributed by atoms with E-state index in [9.17, 15) is 9.59 Å². The van der Waals surface area contributed by atoms with Crippen LogP contribution in [0.3, 0.4) is 0 Å². The van der Waals surface area contributed by atoms with Crippen molar-refractivity contribution in [2.24, 2.45) is 5.73 Å². The second-order valence-corrected chi connectivity index (χ2v) is 4.17. The van der Waals surface area contributed by atoms with Gasteiger partial charge in [-0.25, -0.2) is 0 Å². The number of rotatable bonds is 6. The van der Waals surface area contributed by atoms with Gasteiger partial charge in [0.1, 0.15) is 0 Å². The van der Waals surface area contributed by atoms with E-state index in [-0.39, 0.29) is 12.3 Å². The minimum absolute atomic E-state index is 0.0925. The van der Waals surface area contributed by atoms with Crippen molar-refractivity contribution >= 4 is 11.9 Å². The van der Waals surface area contributed by atoms with E-state index in [2.05, 4.69) is 5.32 Å². The van der Waals surface area contributed by atoms with Crippen LogP contribution < -0.4 is 11.1 Å². The summed E-state index contributed by atoms with van der Waals surface area (Å²) in [4.78, 5) is 22.5. The predicted octanol–water partition coefficient (Wildman–Crippen LogP) is 0.781. The van der Waals surface area contributed by atoms with Gasteiger partial charge in [-0.1, -0.05) is 18.2 Å². The predicted molar refractivity (Wildman–Crippen MR) is 68.4 cm³/mol. The highest BCUT2D eigenvalue weighted by Crippen LogP contribution is 2.09. The maximum atomic E-state index is 12.0. The molecule has 1 atom stereocenters. The zero-order valence-electron chi connectivity index (χ0n) is 10.3. The van der Waals surface area contributed by atoms with Gasteiger partial charge >= 0.3 is 5.97 Å². The second kappa shape index (κ2) is 6.76. The first kappa shape index (κ1) is 14.2. The largest absolute Gasteiger partial charge is 0.481 e. The van der Waals surface area contributed by atoms with E-state index in [4.69, 9.17) is 10.8 Å². The Morgan fingerprint density at radius 1 is 1.39 bits per heavy atom. The average molecular weight is 250 g/mol. The van der Waals surface area contributed by atoms with E-state index in [0.29, 0.717) is 18.5 Å². The summed E-state index contributed by atoms with van der Waals surface area (Å²) in [5.74, 6) is -1.19. The lowest BCUT2D eigenvalue weighted by Crippen LogP contribution is -2.34. The van der Waals surface area contributed by atoms with E-state index < -0.39 is 12.0 Å². The molecule has 0 aliphatic heterocycles. The van der Waals surface area contributed by atoms with Crippen LogP contribution in [0.15, 0.2) is 24.3 Å². The summed E-state index contributed by atoms with van der Waals surface area (Å²) in [7, 11) is 0. The van der Waals surface area contributed by atoms with E-state index in [1.54, 1.807) is 19.1 Å². The van der Waals surface area contributed by atoms with Crippen molar-refractivity contribution in [1.29, 1.82) is 0 Å². The molecule has 0 fully saturated rings. The first-order valence-corrected chi connectivity index (χ1v) is 5.85. The topological polar surface area (TPSA) is 92.4 Å². The lowest BCUT2D eigenvalue weighted by Gasteiger charge is -2.13. The third kappa shape index (κ3) is 4.18. The standard InChI is InChI=1S/C13H18N2O3/c1-9(8-12(16)17)15-13(18)11-5-3-2-4-10(11)6-7-14/h2-5,9H,6-8,14H2,1H3,(H,15,18)(H,16,17). The van der Waals surface area contributed by atoms with Gasteiger partial charge in [-0.15, -0.1) is 0 Å². The van der Waals surface area contributed by atoms with Gasteiger partial charge in [-0.3, -0.25) is 9.59 Å². The summed E-state index contributed by atoms with van der Waals surface area (Å²) in [6, 6.07) is 6.79. The third-order valence-corrected chi connectivity index (χ3v) is 2.53. The normalized spacial score (nSPS) is 11.9. The Hall–Kier alpha value is -1.88. The number of carbonyl (C=O) groups excluding carboxylic acids is 1. The third-order valence-electron chi connectivity index (χ3n) is 2.53. The number of carbonyl (C=O) groups is 2. The zero-order chi connectivity index (χ0) is 13.5. The van der Waals surface area contributed by atoms with Crippen molar-refractivity contribution in [1.82, 2.24) is 5.32 Å². The smallest absolute Gasteiger partial charge is 0.305 e. The van der Waals surface area contributed by atoms with E-state index >= 15 is 0 Å². The average Bonchev–Trinajstić information content (AvgIpc) is 2.28. The maximum absolute atomic E-state index is 12.0. The number of aliphatic carboxylic acids is 1. The maximum Gasteiger partial charge on any atom is 0.305 e. The second-order valence-electron chi connectivity index (χ2n) is 4.17. The number of hydrogen-bond acceptors (Lipinski definition) is 3. The molecule has 1 aromatic rings. The molecular formula is C13H18N2O3. The van der Waals surface area contributed by atoms with Crippen molar-refractivity contribution in [3.8, 4) is 0 Å². The number of amides is 1. The molecule has 0 bridgehead atoms. The first-order valence-electron chi connectivity index (χ1n) is 5.85. The van der Waals surface area contributed by atoms with Crippen molar-refractivity contribution in [3.05, 3.63) is 35.4 Å². The van der Waals surface area contributed by atoms with Crippen LogP contribution in [0, 0.1) is 0 Å². The van der Waals surface area contributed by atoms with Crippen LogP contribution in [0.5, 0.6) is 0 Å². The number of benzene rings is 1. The fourth-order valence-electron chi connectivity index (χ4n) is 1.73. The first-order chi connectivity index (χ1) is 8.54. The molecule has 1 rings (SSSR count). The summed E-state index contributed by atoms with van der Waals surface area (Å²) in [6.07, 6.45) is 0.529. The molecule has 98 valence electrons. The highest BCUT2D eigenvalue weighted by Gasteiger charge is 2.14. The quantitative estimate of drug-likeness (QED) is 0.695. The SMILES string of the molecule is CC(CC(=O)O)NC(=O)c1ccccc1CCN. The number of nitrogens with two attached hydrogens (primary N) is 1. The Bertz CT molecular complexity index is 432. The van der Waals surface area contributed by atoms with Gasteiger partial charge in [0.2, 0.25) is 0 Å². The molecule has 0 saturated heterocycles. The molecule has 0 saturated carbocycles. The van der Waals surface area contributed by atoms with Crippen molar-refractivity contribution < 1.29 is 14.7 Å². The lowest BCUT2D eigenvalue weighted by molar-refractivity contribution is -0.137. The molecular weight excluding hydrogens is 232 g/mol. The Kier molecular flexibility index (Phi) is 5.32. The van der Waals surface area contributed by atoms with Crippen LogP contribution in [0.1, 0.15) is 29.3 Å². The highest BCUT2D eigenvalue weighted by atomic mass is 16.4. The Balaban J connectivity index is 2.74. The Morgan fingerprint density at radius 3 is 2.67 bits per heavy atom. The van der Waals surface area contributed by atoms with Crippen LogP contribution in [-0.2, 0) is 11.2 Å². The Morgan fingerprint density at radius 2 is 2.06 bits per heavy atom. The van der Waals surface area contributed by atoms with Crippen molar-refractivity contribution in [2.45, 2.75) is 25.8 Å². The van der Waals surface area contributed by atoms with E-state index in [1.165, 1.54) is 0 Å². The van der Waals surface area contributed by atoms with Crippen LogP contribution in [0.4, 0.5) is 0 Å². The van der Waals surface area contributed by atoms with Crippen LogP contribution in [0.25, 0.3) is 0 Å². The van der Waals surface area contributed by atoms with Crippen molar-refractivity contribution in [2.75, 3.05) is 6.54 Å². The number of nitrogens with one attached hydrogen (secondary N) is 1. The van der Waals surface area contributed by atoms with Gasteiger partial charge in [0, 0.05) is 11.6 Å². The molecule has 0 heterocycles. The summed E-state index contributed by atoms with van der Waals surface area (Å²) >= 11 is 0. The summed E-state index contributed by atoms with van der Waals surface area (Å²) < 4.78 is 0. The molecule has 0 aromatic heterocycles.